The third-order valence-corrected chi connectivity index (χ3v) is 6.00. The number of hydrogen-bond donors (Lipinski definition) is 2. The van der Waals surface area contributed by atoms with E-state index < -0.39 is 34.4 Å². The predicted molar refractivity (Wildman–Crippen MR) is 125 cm³/mol. The fourth-order valence-electron chi connectivity index (χ4n) is 3.93. The largest absolute Gasteiger partial charge is 0.480 e. The van der Waals surface area contributed by atoms with Gasteiger partial charge in [0.1, 0.15) is 11.4 Å². The topological polar surface area (TPSA) is 79.7 Å². The highest BCUT2D eigenvalue weighted by Gasteiger charge is 2.29. The van der Waals surface area contributed by atoms with Crippen molar-refractivity contribution >= 4 is 16.9 Å². The van der Waals surface area contributed by atoms with E-state index in [-0.39, 0.29) is 25.4 Å². The highest BCUT2D eigenvalue weighted by Crippen LogP contribution is 2.38. The van der Waals surface area contributed by atoms with Gasteiger partial charge < -0.3 is 19.6 Å². The van der Waals surface area contributed by atoms with E-state index in [0.717, 1.165) is 24.3 Å². The van der Waals surface area contributed by atoms with Crippen molar-refractivity contribution in [2.75, 3.05) is 19.8 Å². The van der Waals surface area contributed by atoms with Gasteiger partial charge in [0.05, 0.1) is 25.1 Å². The average molecular weight is 499 g/mol. The first-order valence-electron chi connectivity index (χ1n) is 11.1. The van der Waals surface area contributed by atoms with E-state index in [2.05, 4.69) is 15.0 Å². The number of fused-ring (bicyclic) bond motifs is 1. The van der Waals surface area contributed by atoms with Crippen molar-refractivity contribution in [2.24, 2.45) is 10.4 Å². The summed E-state index contributed by atoms with van der Waals surface area (Å²) in [6, 6.07) is 7.08. The molecule has 2 aromatic heterocycles. The molecule has 3 heterocycles. The normalized spacial score (nSPS) is 17.7. The van der Waals surface area contributed by atoms with Gasteiger partial charge in [-0.3, -0.25) is 4.99 Å². The van der Waals surface area contributed by atoms with E-state index >= 15 is 0 Å². The van der Waals surface area contributed by atoms with Crippen LogP contribution in [0.2, 0.25) is 0 Å². The van der Waals surface area contributed by atoms with Crippen LogP contribution in [0.4, 0.5) is 17.6 Å². The number of nitrogens with zero attached hydrogens (tertiary/aromatic N) is 2. The minimum Gasteiger partial charge on any atom is -0.480 e. The standard InChI is InChI=1S/C26H21F4N3O3/c1-26(12-34)11-33-22(35-13-26)8-14-6-19(29)24(20(30)7-14)36-21-4-5-31-25-23(21)16(10-32-25)15-2-3-17(27)18(28)9-15/h2-7,9-10,34H,8,11-13H2,1H3,(H,31,32). The summed E-state index contributed by atoms with van der Waals surface area (Å²) in [6.07, 6.45) is 3.00. The van der Waals surface area contributed by atoms with Crippen molar-refractivity contribution in [3.05, 3.63) is 77.6 Å². The van der Waals surface area contributed by atoms with Crippen molar-refractivity contribution < 1.29 is 32.1 Å². The molecule has 6 nitrogen and oxygen atoms in total. The summed E-state index contributed by atoms with van der Waals surface area (Å²) in [5.41, 5.74) is 0.913. The quantitative estimate of drug-likeness (QED) is 0.341. The first-order valence-corrected chi connectivity index (χ1v) is 11.1. The minimum absolute atomic E-state index is 0.0766. The van der Waals surface area contributed by atoms with E-state index in [0.29, 0.717) is 40.2 Å². The monoisotopic (exact) mass is 499 g/mol. The second-order valence-corrected chi connectivity index (χ2v) is 9.00. The lowest BCUT2D eigenvalue weighted by Crippen LogP contribution is -2.36. The van der Waals surface area contributed by atoms with E-state index in [9.17, 15) is 22.7 Å². The van der Waals surface area contributed by atoms with Gasteiger partial charge in [-0.15, -0.1) is 0 Å². The summed E-state index contributed by atoms with van der Waals surface area (Å²) in [5.74, 6) is -4.11. The number of nitrogens with one attached hydrogen (secondary N) is 1. The van der Waals surface area contributed by atoms with Gasteiger partial charge in [0.15, 0.2) is 34.9 Å². The molecule has 0 bridgehead atoms. The van der Waals surface area contributed by atoms with Crippen LogP contribution in [0.1, 0.15) is 12.5 Å². The zero-order chi connectivity index (χ0) is 25.4. The summed E-state index contributed by atoms with van der Waals surface area (Å²) < 4.78 is 68.4. The fraction of sp³-hybridized carbons (Fsp3) is 0.231. The number of ether oxygens (including phenoxy) is 2. The van der Waals surface area contributed by atoms with Gasteiger partial charge in [-0.2, -0.15) is 0 Å². The Balaban J connectivity index is 1.45. The smallest absolute Gasteiger partial charge is 0.198 e. The van der Waals surface area contributed by atoms with Crippen LogP contribution in [0.25, 0.3) is 22.2 Å². The van der Waals surface area contributed by atoms with Crippen LogP contribution in [0, 0.1) is 28.7 Å². The Morgan fingerprint density at radius 2 is 1.83 bits per heavy atom. The molecule has 0 spiro atoms. The number of H-pyrrole nitrogens is 1. The number of aliphatic hydroxyl groups is 1. The number of halogens is 4. The Morgan fingerprint density at radius 3 is 2.50 bits per heavy atom. The molecule has 36 heavy (non-hydrogen) atoms. The van der Waals surface area contributed by atoms with Crippen molar-refractivity contribution in [1.82, 2.24) is 9.97 Å². The van der Waals surface area contributed by atoms with E-state index in [4.69, 9.17) is 9.47 Å². The summed E-state index contributed by atoms with van der Waals surface area (Å²) in [4.78, 5) is 11.4. The van der Waals surface area contributed by atoms with Crippen LogP contribution in [-0.4, -0.2) is 40.7 Å². The van der Waals surface area contributed by atoms with Crippen molar-refractivity contribution in [2.45, 2.75) is 13.3 Å². The Labute approximate surface area is 203 Å². The van der Waals surface area contributed by atoms with E-state index in [1.807, 2.05) is 6.92 Å². The number of aromatic nitrogens is 2. The number of aliphatic imine (C=N–C) groups is 1. The zero-order valence-electron chi connectivity index (χ0n) is 19.1. The molecule has 4 aromatic rings. The Morgan fingerprint density at radius 1 is 1.06 bits per heavy atom. The highest BCUT2D eigenvalue weighted by atomic mass is 19.2. The molecule has 2 aromatic carbocycles. The van der Waals surface area contributed by atoms with Crippen LogP contribution < -0.4 is 4.74 Å². The molecule has 2 N–H and O–H groups in total. The number of aromatic amines is 1. The summed E-state index contributed by atoms with van der Waals surface area (Å²) in [5, 5.41) is 9.76. The van der Waals surface area contributed by atoms with Crippen LogP contribution in [-0.2, 0) is 11.2 Å². The van der Waals surface area contributed by atoms with Crippen LogP contribution in [0.15, 0.2) is 53.8 Å². The number of pyridine rings is 1. The molecule has 0 fully saturated rings. The van der Waals surface area contributed by atoms with E-state index in [1.165, 1.54) is 24.5 Å². The maximum absolute atomic E-state index is 15.0. The number of hydrogen-bond acceptors (Lipinski definition) is 5. The summed E-state index contributed by atoms with van der Waals surface area (Å²) >= 11 is 0. The maximum atomic E-state index is 15.0. The second-order valence-electron chi connectivity index (χ2n) is 9.00. The molecule has 186 valence electrons. The number of benzene rings is 2. The molecule has 0 amide bonds. The van der Waals surface area contributed by atoms with Gasteiger partial charge in [-0.25, -0.2) is 22.5 Å². The Hall–Kier alpha value is -3.92. The lowest BCUT2D eigenvalue weighted by Gasteiger charge is -2.30. The highest BCUT2D eigenvalue weighted by molar-refractivity contribution is 5.98. The molecule has 10 heteroatoms. The lowest BCUT2D eigenvalue weighted by molar-refractivity contribution is 0.0691. The predicted octanol–water partition coefficient (Wildman–Crippen LogP) is 5.55. The second kappa shape index (κ2) is 9.27. The molecule has 1 unspecified atom stereocenters. The third-order valence-electron chi connectivity index (χ3n) is 6.00. The number of aliphatic hydroxyl groups excluding tert-OH is 1. The molecule has 5 rings (SSSR count). The van der Waals surface area contributed by atoms with Crippen molar-refractivity contribution in [3.63, 3.8) is 0 Å². The van der Waals surface area contributed by atoms with E-state index in [1.54, 1.807) is 0 Å². The molecular formula is C26H21F4N3O3. The van der Waals surface area contributed by atoms with Gasteiger partial charge in [0, 0.05) is 29.8 Å². The van der Waals surface area contributed by atoms with Gasteiger partial charge >= 0.3 is 0 Å². The molecule has 1 aliphatic heterocycles. The molecule has 1 atom stereocenters. The van der Waals surface area contributed by atoms with Crippen LogP contribution >= 0.6 is 0 Å². The lowest BCUT2D eigenvalue weighted by atomic mass is 9.92. The molecule has 0 radical (unpaired) electrons. The number of rotatable bonds is 6. The first kappa shape index (κ1) is 23.8. The van der Waals surface area contributed by atoms with Crippen LogP contribution in [0.3, 0.4) is 0 Å². The van der Waals surface area contributed by atoms with Gasteiger partial charge in [0.2, 0.25) is 0 Å². The fourth-order valence-corrected chi connectivity index (χ4v) is 3.93. The van der Waals surface area contributed by atoms with Crippen molar-refractivity contribution in [1.29, 1.82) is 0 Å². The molecular weight excluding hydrogens is 478 g/mol. The Bertz CT molecular complexity index is 1460. The zero-order valence-corrected chi connectivity index (χ0v) is 19.1. The summed E-state index contributed by atoms with van der Waals surface area (Å²) in [6.45, 7) is 2.35. The average Bonchev–Trinajstić information content (AvgIpc) is 3.30. The molecule has 0 aliphatic carbocycles. The molecule has 0 saturated heterocycles. The van der Waals surface area contributed by atoms with Crippen LogP contribution in [0.5, 0.6) is 11.5 Å². The van der Waals surface area contributed by atoms with Gasteiger partial charge in [-0.05, 0) is 41.5 Å². The SMILES string of the molecule is CC1(CO)CN=C(Cc2cc(F)c(Oc3ccnc4[nH]cc(-c5ccc(F)c(F)c5)c34)c(F)c2)OC1. The Kier molecular flexibility index (Phi) is 6.13. The third kappa shape index (κ3) is 4.51. The van der Waals surface area contributed by atoms with Gasteiger partial charge in [-0.1, -0.05) is 13.0 Å². The minimum atomic E-state index is -1.03. The molecule has 1 aliphatic rings. The first-order chi connectivity index (χ1) is 17.3. The van der Waals surface area contributed by atoms with Gasteiger partial charge in [0.25, 0.3) is 0 Å². The summed E-state index contributed by atoms with van der Waals surface area (Å²) in [7, 11) is 0. The molecule has 0 saturated carbocycles. The van der Waals surface area contributed by atoms with Crippen molar-refractivity contribution in [3.8, 4) is 22.6 Å². The maximum Gasteiger partial charge on any atom is 0.198 e.